The fourth-order valence-corrected chi connectivity index (χ4v) is 1.35. The molecule has 5 heteroatoms. The summed E-state index contributed by atoms with van der Waals surface area (Å²) < 4.78 is 0. The molecule has 0 bridgehead atoms. The molecular weight excluding hydrogens is 230 g/mol. The minimum atomic E-state index is -0.477. The molecule has 0 rings (SSSR count). The van der Waals surface area contributed by atoms with E-state index >= 15 is 0 Å². The van der Waals surface area contributed by atoms with Gasteiger partial charge in [0.1, 0.15) is 0 Å². The second-order valence-electron chi connectivity index (χ2n) is 6.55. The lowest BCUT2D eigenvalue weighted by Crippen LogP contribution is -2.45. The third-order valence-electron chi connectivity index (χ3n) is 2.72. The third-order valence-corrected chi connectivity index (χ3v) is 2.72. The lowest BCUT2D eigenvalue weighted by atomic mass is 9.93. The monoisotopic (exact) mass is 257 g/mol. The summed E-state index contributed by atoms with van der Waals surface area (Å²) in [4.78, 5) is 25.1. The molecular formula is C13H27N3O2. The number of likely N-dealkylation sites (N-methyl/N-ethyl adjacent to an activating group) is 1. The highest BCUT2D eigenvalue weighted by Gasteiger charge is 2.24. The van der Waals surface area contributed by atoms with Gasteiger partial charge >= 0.3 is 0 Å². The van der Waals surface area contributed by atoms with Gasteiger partial charge in [0.15, 0.2) is 0 Å². The molecule has 0 aromatic heterocycles. The molecule has 5 nitrogen and oxygen atoms in total. The summed E-state index contributed by atoms with van der Waals surface area (Å²) in [7, 11) is 1.73. The van der Waals surface area contributed by atoms with Crippen LogP contribution in [0.25, 0.3) is 0 Å². The van der Waals surface area contributed by atoms with E-state index in [1.165, 1.54) is 0 Å². The molecule has 0 spiro atoms. The smallest absolute Gasteiger partial charge is 0.241 e. The van der Waals surface area contributed by atoms with Gasteiger partial charge < -0.3 is 16.0 Å². The van der Waals surface area contributed by atoms with Crippen LogP contribution in [-0.2, 0) is 9.59 Å². The largest absolute Gasteiger partial charge is 0.347 e. The number of nitrogens with two attached hydrogens (primary N) is 1. The zero-order chi connectivity index (χ0) is 14.6. The SMILES string of the molecule is CN(CC(C)(C)CN)C(=O)CNC(=O)C(C)(C)C. The summed E-state index contributed by atoms with van der Waals surface area (Å²) in [5.41, 5.74) is 5.04. The van der Waals surface area contributed by atoms with Crippen LogP contribution in [0.15, 0.2) is 0 Å². The van der Waals surface area contributed by atoms with Crippen molar-refractivity contribution >= 4 is 11.8 Å². The highest BCUT2D eigenvalue weighted by atomic mass is 16.2. The van der Waals surface area contributed by atoms with Gasteiger partial charge in [-0.25, -0.2) is 0 Å². The van der Waals surface area contributed by atoms with Crippen molar-refractivity contribution in [1.82, 2.24) is 10.2 Å². The Bertz CT molecular complexity index is 306. The number of nitrogens with one attached hydrogen (secondary N) is 1. The van der Waals surface area contributed by atoms with Crippen LogP contribution in [0.3, 0.4) is 0 Å². The topological polar surface area (TPSA) is 75.4 Å². The van der Waals surface area contributed by atoms with Gasteiger partial charge in [-0.05, 0) is 12.0 Å². The van der Waals surface area contributed by atoms with Crippen LogP contribution in [0.2, 0.25) is 0 Å². The lowest BCUT2D eigenvalue weighted by molar-refractivity contribution is -0.135. The number of carbonyl (C=O) groups excluding carboxylic acids is 2. The summed E-state index contributed by atoms with van der Waals surface area (Å²) in [6, 6.07) is 0. The van der Waals surface area contributed by atoms with Gasteiger partial charge in [-0.1, -0.05) is 34.6 Å². The maximum absolute atomic E-state index is 11.8. The van der Waals surface area contributed by atoms with E-state index in [2.05, 4.69) is 5.32 Å². The molecule has 18 heavy (non-hydrogen) atoms. The van der Waals surface area contributed by atoms with E-state index in [-0.39, 0.29) is 23.8 Å². The van der Waals surface area contributed by atoms with E-state index in [4.69, 9.17) is 5.73 Å². The quantitative estimate of drug-likeness (QED) is 0.757. The molecule has 0 atom stereocenters. The average Bonchev–Trinajstić information content (AvgIpc) is 2.23. The first kappa shape index (κ1) is 16.9. The summed E-state index contributed by atoms with van der Waals surface area (Å²) in [5, 5.41) is 2.65. The van der Waals surface area contributed by atoms with E-state index in [1.54, 1.807) is 11.9 Å². The molecule has 2 amide bonds. The fourth-order valence-electron chi connectivity index (χ4n) is 1.35. The summed E-state index contributed by atoms with van der Waals surface area (Å²) >= 11 is 0. The van der Waals surface area contributed by atoms with Crippen LogP contribution in [0.5, 0.6) is 0 Å². The molecule has 0 saturated carbocycles. The summed E-state index contributed by atoms with van der Waals surface area (Å²) in [5.74, 6) is -0.225. The van der Waals surface area contributed by atoms with Gasteiger partial charge in [0, 0.05) is 19.0 Å². The van der Waals surface area contributed by atoms with Gasteiger partial charge in [0.2, 0.25) is 11.8 Å². The van der Waals surface area contributed by atoms with Crippen molar-refractivity contribution in [3.8, 4) is 0 Å². The standard InChI is InChI=1S/C13H27N3O2/c1-12(2,3)11(18)15-7-10(17)16(6)9-13(4,5)8-14/h7-9,14H2,1-6H3,(H,15,18). The van der Waals surface area contributed by atoms with Crippen LogP contribution in [-0.4, -0.2) is 43.4 Å². The Labute approximate surface area is 110 Å². The lowest BCUT2D eigenvalue weighted by Gasteiger charge is -2.29. The highest BCUT2D eigenvalue weighted by molar-refractivity contribution is 5.87. The molecule has 0 radical (unpaired) electrons. The van der Waals surface area contributed by atoms with Crippen molar-refractivity contribution in [2.24, 2.45) is 16.6 Å². The van der Waals surface area contributed by atoms with Crippen LogP contribution in [0, 0.1) is 10.8 Å². The Morgan fingerprint density at radius 2 is 1.67 bits per heavy atom. The second-order valence-corrected chi connectivity index (χ2v) is 6.55. The van der Waals surface area contributed by atoms with Crippen molar-refractivity contribution in [1.29, 1.82) is 0 Å². The summed E-state index contributed by atoms with van der Waals surface area (Å²) in [6.45, 7) is 10.6. The fraction of sp³-hybridized carbons (Fsp3) is 0.846. The zero-order valence-corrected chi connectivity index (χ0v) is 12.5. The normalized spacial score (nSPS) is 12.2. The first-order valence-electron chi connectivity index (χ1n) is 6.22. The average molecular weight is 257 g/mol. The van der Waals surface area contributed by atoms with Gasteiger partial charge in [0.05, 0.1) is 6.54 Å². The molecule has 0 heterocycles. The number of hydrogen-bond donors (Lipinski definition) is 2. The van der Waals surface area contributed by atoms with Gasteiger partial charge in [-0.15, -0.1) is 0 Å². The van der Waals surface area contributed by atoms with Crippen molar-refractivity contribution in [3.63, 3.8) is 0 Å². The van der Waals surface area contributed by atoms with Gasteiger partial charge in [0.25, 0.3) is 0 Å². The minimum Gasteiger partial charge on any atom is -0.347 e. The van der Waals surface area contributed by atoms with E-state index in [1.807, 2.05) is 34.6 Å². The van der Waals surface area contributed by atoms with Crippen LogP contribution in [0.1, 0.15) is 34.6 Å². The molecule has 0 unspecified atom stereocenters. The predicted molar refractivity (Wildman–Crippen MR) is 72.9 cm³/mol. The maximum atomic E-state index is 11.8. The molecule has 3 N–H and O–H groups in total. The highest BCUT2D eigenvalue weighted by Crippen LogP contribution is 2.14. The van der Waals surface area contributed by atoms with Crippen LogP contribution < -0.4 is 11.1 Å². The first-order valence-corrected chi connectivity index (χ1v) is 6.22. The van der Waals surface area contributed by atoms with Crippen molar-refractivity contribution in [2.45, 2.75) is 34.6 Å². The third kappa shape index (κ3) is 6.00. The van der Waals surface area contributed by atoms with E-state index in [9.17, 15) is 9.59 Å². The van der Waals surface area contributed by atoms with E-state index in [0.717, 1.165) is 0 Å². The molecule has 0 aromatic rings. The first-order chi connectivity index (χ1) is 7.99. The number of rotatable bonds is 5. The van der Waals surface area contributed by atoms with Gasteiger partial charge in [-0.3, -0.25) is 9.59 Å². The molecule has 0 aliphatic carbocycles. The van der Waals surface area contributed by atoms with E-state index < -0.39 is 5.41 Å². The molecule has 106 valence electrons. The van der Waals surface area contributed by atoms with E-state index in [0.29, 0.717) is 13.1 Å². The number of carbonyl (C=O) groups is 2. The number of amides is 2. The van der Waals surface area contributed by atoms with Crippen molar-refractivity contribution in [2.75, 3.05) is 26.7 Å². The second kappa shape index (κ2) is 6.18. The summed E-state index contributed by atoms with van der Waals surface area (Å²) in [6.07, 6.45) is 0. The van der Waals surface area contributed by atoms with Crippen molar-refractivity contribution in [3.05, 3.63) is 0 Å². The predicted octanol–water partition coefficient (Wildman–Crippen LogP) is 0.592. The number of nitrogens with zero attached hydrogens (tertiary/aromatic N) is 1. The van der Waals surface area contributed by atoms with Crippen molar-refractivity contribution < 1.29 is 9.59 Å². The Kier molecular flexibility index (Phi) is 5.80. The zero-order valence-electron chi connectivity index (χ0n) is 12.5. The molecule has 0 aromatic carbocycles. The Balaban J connectivity index is 4.23. The molecule has 0 aliphatic rings. The minimum absolute atomic E-state index is 0.0350. The number of hydrogen-bond acceptors (Lipinski definition) is 3. The van der Waals surface area contributed by atoms with Crippen LogP contribution >= 0.6 is 0 Å². The Morgan fingerprint density at radius 1 is 1.17 bits per heavy atom. The molecule has 0 saturated heterocycles. The Morgan fingerprint density at radius 3 is 2.06 bits per heavy atom. The molecule has 0 aliphatic heterocycles. The van der Waals surface area contributed by atoms with Crippen LogP contribution in [0.4, 0.5) is 0 Å². The molecule has 0 fully saturated rings. The van der Waals surface area contributed by atoms with Gasteiger partial charge in [-0.2, -0.15) is 0 Å². The Hall–Kier alpha value is -1.10. The maximum Gasteiger partial charge on any atom is 0.241 e.